The average molecular weight is 249 g/mol. The maximum absolute atomic E-state index is 11.3. The Morgan fingerprint density at radius 1 is 1.28 bits per heavy atom. The fourth-order valence-electron chi connectivity index (χ4n) is 2.35. The summed E-state index contributed by atoms with van der Waals surface area (Å²) >= 11 is 0. The molecule has 1 N–H and O–H groups in total. The summed E-state index contributed by atoms with van der Waals surface area (Å²) in [5.41, 5.74) is 1.39. The van der Waals surface area contributed by atoms with Gasteiger partial charge >= 0.3 is 6.09 Å². The molecular weight excluding hydrogens is 228 g/mol. The largest absolute Gasteiger partial charge is 0.453 e. The summed E-state index contributed by atoms with van der Waals surface area (Å²) in [7, 11) is 1.44. The van der Waals surface area contributed by atoms with E-state index in [0.29, 0.717) is 0 Å². The molecule has 1 amide bonds. The maximum atomic E-state index is 11.3. The van der Waals surface area contributed by atoms with Gasteiger partial charge in [-0.3, -0.25) is 4.90 Å². The number of benzene rings is 1. The normalized spacial score (nSPS) is 16.6. The Balaban J connectivity index is 1.72. The van der Waals surface area contributed by atoms with E-state index >= 15 is 0 Å². The quantitative estimate of drug-likeness (QED) is 0.830. The van der Waals surface area contributed by atoms with Gasteiger partial charge in [0.25, 0.3) is 0 Å². The summed E-state index contributed by atoms with van der Waals surface area (Å²) in [6, 6.07) is 10.6. The lowest BCUT2D eigenvalue weighted by atomic mass is 10.1. The molecule has 1 aromatic carbocycles. The van der Waals surface area contributed by atoms with Crippen molar-refractivity contribution >= 4 is 6.09 Å². The highest BCUT2D eigenvalue weighted by atomic mass is 16.5. The summed E-state index contributed by atoms with van der Waals surface area (Å²) < 4.78 is 4.73. The molecule has 2 rings (SSSR count). The van der Waals surface area contributed by atoms with Gasteiger partial charge in [-0.1, -0.05) is 30.3 Å². The molecule has 4 heteroatoms. The number of nitrogens with zero attached hydrogens (tertiary/aromatic N) is 1. The number of nitrogens with one attached hydrogen (secondary N) is 1. The Morgan fingerprint density at radius 2 is 1.94 bits per heavy atom. The zero-order valence-corrected chi connectivity index (χ0v) is 10.9. The van der Waals surface area contributed by atoms with Crippen LogP contribution in [0, 0.1) is 0 Å². The first kappa shape index (κ1) is 12.9. The number of carbonyl (C=O) groups is 1. The molecule has 1 aliphatic rings. The standard InChI is InChI=1S/C14H20N2O2/c1-18-14(17)16-11-9-15(10-12-16)8-7-13-5-3-2-4-6-13/h2-6H,7-12H2,1H3/p+1. The van der Waals surface area contributed by atoms with Gasteiger partial charge in [0.1, 0.15) is 0 Å². The first-order chi connectivity index (χ1) is 8.79. The van der Waals surface area contributed by atoms with Crippen molar-refractivity contribution in [2.75, 3.05) is 39.8 Å². The van der Waals surface area contributed by atoms with Gasteiger partial charge in [-0.05, 0) is 5.56 Å². The Kier molecular flexibility index (Phi) is 4.59. The van der Waals surface area contributed by atoms with Crippen LogP contribution in [0.15, 0.2) is 30.3 Å². The number of ether oxygens (including phenoxy) is 1. The highest BCUT2D eigenvalue weighted by molar-refractivity contribution is 5.67. The van der Waals surface area contributed by atoms with E-state index < -0.39 is 0 Å². The predicted octanol–water partition coefficient (Wildman–Crippen LogP) is 0.196. The molecule has 0 radical (unpaired) electrons. The van der Waals surface area contributed by atoms with Crippen LogP contribution in [-0.4, -0.2) is 50.8 Å². The van der Waals surface area contributed by atoms with E-state index in [9.17, 15) is 4.79 Å². The number of methoxy groups -OCH3 is 1. The van der Waals surface area contributed by atoms with Crippen molar-refractivity contribution in [3.05, 3.63) is 35.9 Å². The highest BCUT2D eigenvalue weighted by Gasteiger charge is 2.23. The second-order valence-electron chi connectivity index (χ2n) is 4.69. The van der Waals surface area contributed by atoms with Gasteiger partial charge < -0.3 is 9.64 Å². The van der Waals surface area contributed by atoms with Gasteiger partial charge in [0.2, 0.25) is 0 Å². The smallest absolute Gasteiger partial charge is 0.409 e. The van der Waals surface area contributed by atoms with Crippen LogP contribution in [0.2, 0.25) is 0 Å². The van der Waals surface area contributed by atoms with Gasteiger partial charge in [0.15, 0.2) is 0 Å². The fraction of sp³-hybridized carbons (Fsp3) is 0.500. The minimum absolute atomic E-state index is 0.197. The highest BCUT2D eigenvalue weighted by Crippen LogP contribution is 1.98. The lowest BCUT2D eigenvalue weighted by molar-refractivity contribution is -0.903. The third-order valence-electron chi connectivity index (χ3n) is 3.51. The number of rotatable bonds is 3. The molecule has 1 heterocycles. The first-order valence-corrected chi connectivity index (χ1v) is 6.50. The zero-order valence-electron chi connectivity index (χ0n) is 10.9. The van der Waals surface area contributed by atoms with Crippen molar-refractivity contribution in [1.82, 2.24) is 4.90 Å². The molecule has 0 atom stereocenters. The molecule has 98 valence electrons. The van der Waals surface area contributed by atoms with Gasteiger partial charge in [0.05, 0.1) is 39.8 Å². The third-order valence-corrected chi connectivity index (χ3v) is 3.51. The Bertz CT molecular complexity index is 373. The van der Waals surface area contributed by atoms with Gasteiger partial charge in [-0.25, -0.2) is 4.79 Å². The molecule has 0 unspecified atom stereocenters. The van der Waals surface area contributed by atoms with E-state index in [2.05, 4.69) is 24.3 Å². The van der Waals surface area contributed by atoms with E-state index in [4.69, 9.17) is 4.74 Å². The molecule has 1 saturated heterocycles. The van der Waals surface area contributed by atoms with Crippen LogP contribution >= 0.6 is 0 Å². The summed E-state index contributed by atoms with van der Waals surface area (Å²) in [6.45, 7) is 4.77. The summed E-state index contributed by atoms with van der Waals surface area (Å²) in [4.78, 5) is 14.7. The van der Waals surface area contributed by atoms with Crippen molar-refractivity contribution in [2.24, 2.45) is 0 Å². The second-order valence-corrected chi connectivity index (χ2v) is 4.69. The zero-order chi connectivity index (χ0) is 12.8. The maximum Gasteiger partial charge on any atom is 0.409 e. The lowest BCUT2D eigenvalue weighted by Crippen LogP contribution is -3.15. The fourth-order valence-corrected chi connectivity index (χ4v) is 2.35. The van der Waals surface area contributed by atoms with E-state index in [0.717, 1.165) is 39.1 Å². The Labute approximate surface area is 108 Å². The lowest BCUT2D eigenvalue weighted by Gasteiger charge is -2.31. The molecule has 1 fully saturated rings. The average Bonchev–Trinajstić information content (AvgIpc) is 2.46. The van der Waals surface area contributed by atoms with Crippen molar-refractivity contribution in [2.45, 2.75) is 6.42 Å². The summed E-state index contributed by atoms with van der Waals surface area (Å²) in [5.74, 6) is 0. The molecular formula is C14H21N2O2+. The molecule has 0 saturated carbocycles. The van der Waals surface area contributed by atoms with E-state index in [-0.39, 0.29) is 6.09 Å². The van der Waals surface area contributed by atoms with E-state index in [1.165, 1.54) is 12.7 Å². The summed E-state index contributed by atoms with van der Waals surface area (Å²) in [5, 5.41) is 0. The van der Waals surface area contributed by atoms with Crippen molar-refractivity contribution < 1.29 is 14.4 Å². The van der Waals surface area contributed by atoms with Crippen LogP contribution in [-0.2, 0) is 11.2 Å². The van der Waals surface area contributed by atoms with Crippen molar-refractivity contribution in [3.63, 3.8) is 0 Å². The Morgan fingerprint density at radius 3 is 2.56 bits per heavy atom. The van der Waals surface area contributed by atoms with Crippen molar-refractivity contribution in [3.8, 4) is 0 Å². The number of hydrogen-bond acceptors (Lipinski definition) is 2. The van der Waals surface area contributed by atoms with Gasteiger partial charge in [-0.15, -0.1) is 0 Å². The predicted molar refractivity (Wildman–Crippen MR) is 69.7 cm³/mol. The topological polar surface area (TPSA) is 34.0 Å². The number of carbonyl (C=O) groups excluding carboxylic acids is 1. The monoisotopic (exact) mass is 249 g/mol. The Hall–Kier alpha value is -1.55. The minimum atomic E-state index is -0.197. The number of piperazine rings is 1. The number of amides is 1. The van der Waals surface area contributed by atoms with Crippen LogP contribution in [0.1, 0.15) is 5.56 Å². The van der Waals surface area contributed by atoms with Crippen LogP contribution in [0.3, 0.4) is 0 Å². The van der Waals surface area contributed by atoms with Crippen LogP contribution in [0.25, 0.3) is 0 Å². The third kappa shape index (κ3) is 3.47. The van der Waals surface area contributed by atoms with Gasteiger partial charge in [-0.2, -0.15) is 0 Å². The molecule has 18 heavy (non-hydrogen) atoms. The van der Waals surface area contributed by atoms with Crippen LogP contribution in [0.4, 0.5) is 4.79 Å². The first-order valence-electron chi connectivity index (χ1n) is 6.50. The van der Waals surface area contributed by atoms with Crippen LogP contribution < -0.4 is 4.90 Å². The van der Waals surface area contributed by atoms with Crippen molar-refractivity contribution in [1.29, 1.82) is 0 Å². The molecule has 1 aromatic rings. The molecule has 0 aliphatic carbocycles. The number of hydrogen-bond donors (Lipinski definition) is 1. The van der Waals surface area contributed by atoms with E-state index in [1.807, 2.05) is 6.07 Å². The molecule has 4 nitrogen and oxygen atoms in total. The molecule has 0 aromatic heterocycles. The second kappa shape index (κ2) is 6.40. The van der Waals surface area contributed by atoms with Gasteiger partial charge in [0, 0.05) is 6.42 Å². The van der Waals surface area contributed by atoms with Crippen LogP contribution in [0.5, 0.6) is 0 Å². The molecule has 1 aliphatic heterocycles. The minimum Gasteiger partial charge on any atom is -0.453 e. The SMILES string of the molecule is COC(=O)N1CC[NH+](CCc2ccccc2)CC1. The summed E-state index contributed by atoms with van der Waals surface area (Å²) in [6.07, 6.45) is 0.908. The van der Waals surface area contributed by atoms with E-state index in [1.54, 1.807) is 9.80 Å². The molecule has 0 bridgehead atoms. The molecule has 0 spiro atoms. The number of quaternary nitrogens is 1.